The molecule has 0 saturated carbocycles. The molecule has 0 spiro atoms. The monoisotopic (exact) mass is 351 g/mol. The first-order valence-corrected chi connectivity index (χ1v) is 6.93. The number of hydrogen-bond acceptors (Lipinski definition) is 1. The number of anilines is 1. The smallest absolute Gasteiger partial charge is 0.255 e. The van der Waals surface area contributed by atoms with Crippen LogP contribution in [-0.4, -0.2) is 5.91 Å². The van der Waals surface area contributed by atoms with Gasteiger partial charge in [0, 0.05) is 14.8 Å². The lowest BCUT2D eigenvalue weighted by atomic mass is 10.1. The number of carbonyl (C=O) groups excluding carboxylic acids is 1. The van der Waals surface area contributed by atoms with Crippen LogP contribution < -0.4 is 5.32 Å². The fourth-order valence-corrected chi connectivity index (χ4v) is 1.99. The molecule has 92 valence electrons. The van der Waals surface area contributed by atoms with Gasteiger partial charge in [-0.2, -0.15) is 0 Å². The molecule has 0 atom stereocenters. The average Bonchev–Trinajstić information content (AvgIpc) is 2.41. The van der Waals surface area contributed by atoms with Crippen molar-refractivity contribution in [3.8, 4) is 0 Å². The Hall–Kier alpha value is -1.36. The summed E-state index contributed by atoms with van der Waals surface area (Å²) in [5.41, 5.74) is 2.74. The van der Waals surface area contributed by atoms with Crippen molar-refractivity contribution in [3.63, 3.8) is 0 Å². The van der Waals surface area contributed by atoms with Crippen LogP contribution in [0.4, 0.5) is 5.69 Å². The Kier molecular flexibility index (Phi) is 4.36. The van der Waals surface area contributed by atoms with E-state index in [9.17, 15) is 4.79 Å². The maximum Gasteiger partial charge on any atom is 0.255 e. The van der Waals surface area contributed by atoms with Crippen LogP contribution in [0, 0.1) is 3.57 Å². The highest BCUT2D eigenvalue weighted by Crippen LogP contribution is 2.13. The van der Waals surface area contributed by atoms with Crippen LogP contribution in [0.15, 0.2) is 48.5 Å². The fraction of sp³-hybridized carbons (Fsp3) is 0.133. The van der Waals surface area contributed by atoms with Crippen molar-refractivity contribution < 1.29 is 4.79 Å². The van der Waals surface area contributed by atoms with E-state index in [-0.39, 0.29) is 5.91 Å². The van der Waals surface area contributed by atoms with Gasteiger partial charge in [0.1, 0.15) is 0 Å². The van der Waals surface area contributed by atoms with E-state index in [1.807, 2.05) is 48.5 Å². The Balaban J connectivity index is 2.09. The van der Waals surface area contributed by atoms with Crippen molar-refractivity contribution in [3.05, 3.63) is 63.2 Å². The minimum atomic E-state index is -0.0705. The van der Waals surface area contributed by atoms with Crippen LogP contribution in [0.2, 0.25) is 0 Å². The molecular formula is C15H14INO. The zero-order valence-corrected chi connectivity index (χ0v) is 12.3. The third-order valence-electron chi connectivity index (χ3n) is 2.73. The minimum absolute atomic E-state index is 0.0705. The largest absolute Gasteiger partial charge is 0.322 e. The normalized spacial score (nSPS) is 10.1. The Morgan fingerprint density at radius 2 is 1.67 bits per heavy atom. The van der Waals surface area contributed by atoms with Gasteiger partial charge in [0.2, 0.25) is 0 Å². The van der Waals surface area contributed by atoms with Gasteiger partial charge in [0.25, 0.3) is 5.91 Å². The summed E-state index contributed by atoms with van der Waals surface area (Å²) in [6, 6.07) is 15.4. The first-order valence-electron chi connectivity index (χ1n) is 5.85. The Morgan fingerprint density at radius 3 is 2.22 bits per heavy atom. The summed E-state index contributed by atoms with van der Waals surface area (Å²) in [5.74, 6) is -0.0705. The van der Waals surface area contributed by atoms with Crippen LogP contribution in [-0.2, 0) is 6.42 Å². The van der Waals surface area contributed by atoms with E-state index in [0.717, 1.165) is 15.7 Å². The van der Waals surface area contributed by atoms with E-state index in [4.69, 9.17) is 0 Å². The molecule has 0 aliphatic carbocycles. The standard InChI is InChI=1S/C15H14INO/c1-2-11-3-5-12(6-4-11)15(18)17-14-9-7-13(16)8-10-14/h3-10H,2H2,1H3,(H,17,18). The van der Waals surface area contributed by atoms with E-state index in [2.05, 4.69) is 34.8 Å². The Labute approximate surface area is 121 Å². The van der Waals surface area contributed by atoms with E-state index >= 15 is 0 Å². The van der Waals surface area contributed by atoms with Gasteiger partial charge >= 0.3 is 0 Å². The average molecular weight is 351 g/mol. The second-order valence-corrected chi connectivity index (χ2v) is 5.26. The molecule has 1 amide bonds. The van der Waals surface area contributed by atoms with Gasteiger partial charge in [0.05, 0.1) is 0 Å². The zero-order valence-electron chi connectivity index (χ0n) is 10.1. The molecule has 0 aliphatic heterocycles. The molecule has 0 unspecified atom stereocenters. The molecule has 0 saturated heterocycles. The predicted molar refractivity (Wildman–Crippen MR) is 82.9 cm³/mol. The number of rotatable bonds is 3. The minimum Gasteiger partial charge on any atom is -0.322 e. The second-order valence-electron chi connectivity index (χ2n) is 4.01. The molecule has 0 bridgehead atoms. The maximum atomic E-state index is 12.0. The van der Waals surface area contributed by atoms with Crippen molar-refractivity contribution in [1.82, 2.24) is 0 Å². The van der Waals surface area contributed by atoms with Crippen LogP contribution >= 0.6 is 22.6 Å². The first-order chi connectivity index (χ1) is 8.69. The maximum absolute atomic E-state index is 12.0. The van der Waals surface area contributed by atoms with Crippen LogP contribution in [0.1, 0.15) is 22.8 Å². The molecule has 18 heavy (non-hydrogen) atoms. The summed E-state index contributed by atoms with van der Waals surface area (Å²) < 4.78 is 1.15. The number of nitrogens with one attached hydrogen (secondary N) is 1. The lowest BCUT2D eigenvalue weighted by Crippen LogP contribution is -2.11. The summed E-state index contributed by atoms with van der Waals surface area (Å²) in [5, 5.41) is 2.88. The SMILES string of the molecule is CCc1ccc(C(=O)Nc2ccc(I)cc2)cc1. The molecule has 0 aliphatic rings. The molecule has 2 aromatic rings. The summed E-state index contributed by atoms with van der Waals surface area (Å²) in [7, 11) is 0. The van der Waals surface area contributed by atoms with Gasteiger partial charge in [-0.25, -0.2) is 0 Å². The third kappa shape index (κ3) is 3.32. The molecule has 0 heterocycles. The van der Waals surface area contributed by atoms with Gasteiger partial charge in [0.15, 0.2) is 0 Å². The molecule has 2 rings (SSSR count). The van der Waals surface area contributed by atoms with Gasteiger partial charge in [-0.3, -0.25) is 4.79 Å². The molecule has 0 radical (unpaired) electrons. The molecule has 2 aromatic carbocycles. The zero-order chi connectivity index (χ0) is 13.0. The molecule has 3 heteroatoms. The quantitative estimate of drug-likeness (QED) is 0.829. The Bertz CT molecular complexity index is 531. The summed E-state index contributed by atoms with van der Waals surface area (Å²) >= 11 is 2.24. The molecule has 0 fully saturated rings. The Morgan fingerprint density at radius 1 is 1.06 bits per heavy atom. The van der Waals surface area contributed by atoms with E-state index in [1.165, 1.54) is 5.56 Å². The molecule has 2 nitrogen and oxygen atoms in total. The van der Waals surface area contributed by atoms with Crippen molar-refractivity contribution >= 4 is 34.2 Å². The van der Waals surface area contributed by atoms with Crippen molar-refractivity contribution in [1.29, 1.82) is 0 Å². The molecule has 1 N–H and O–H groups in total. The summed E-state index contributed by atoms with van der Waals surface area (Å²) in [6.07, 6.45) is 0.985. The molecular weight excluding hydrogens is 337 g/mol. The van der Waals surface area contributed by atoms with Crippen LogP contribution in [0.5, 0.6) is 0 Å². The van der Waals surface area contributed by atoms with E-state index < -0.39 is 0 Å². The van der Waals surface area contributed by atoms with E-state index in [1.54, 1.807) is 0 Å². The lowest BCUT2D eigenvalue weighted by molar-refractivity contribution is 0.102. The number of benzene rings is 2. The second kappa shape index (κ2) is 6.00. The highest BCUT2D eigenvalue weighted by Gasteiger charge is 2.05. The highest BCUT2D eigenvalue weighted by atomic mass is 127. The van der Waals surface area contributed by atoms with Crippen LogP contribution in [0.25, 0.3) is 0 Å². The van der Waals surface area contributed by atoms with Gasteiger partial charge in [-0.1, -0.05) is 19.1 Å². The van der Waals surface area contributed by atoms with Crippen molar-refractivity contribution in [2.24, 2.45) is 0 Å². The van der Waals surface area contributed by atoms with Gasteiger partial charge in [-0.15, -0.1) is 0 Å². The highest BCUT2D eigenvalue weighted by molar-refractivity contribution is 14.1. The molecule has 0 aromatic heterocycles. The fourth-order valence-electron chi connectivity index (χ4n) is 1.63. The first kappa shape index (κ1) is 13.1. The predicted octanol–water partition coefficient (Wildman–Crippen LogP) is 4.11. The number of carbonyl (C=O) groups is 1. The third-order valence-corrected chi connectivity index (χ3v) is 3.45. The number of hydrogen-bond donors (Lipinski definition) is 1. The van der Waals surface area contributed by atoms with E-state index in [0.29, 0.717) is 5.56 Å². The topological polar surface area (TPSA) is 29.1 Å². The van der Waals surface area contributed by atoms with Gasteiger partial charge in [-0.05, 0) is 71.0 Å². The summed E-state index contributed by atoms with van der Waals surface area (Å²) in [4.78, 5) is 12.0. The van der Waals surface area contributed by atoms with Crippen LogP contribution in [0.3, 0.4) is 0 Å². The number of aryl methyl sites for hydroxylation is 1. The summed E-state index contributed by atoms with van der Waals surface area (Å²) in [6.45, 7) is 2.10. The number of amides is 1. The van der Waals surface area contributed by atoms with Gasteiger partial charge < -0.3 is 5.32 Å². The lowest BCUT2D eigenvalue weighted by Gasteiger charge is -2.06. The number of halogens is 1. The van der Waals surface area contributed by atoms with Crippen molar-refractivity contribution in [2.45, 2.75) is 13.3 Å². The van der Waals surface area contributed by atoms with Crippen molar-refractivity contribution in [2.75, 3.05) is 5.32 Å².